The fraction of sp³-hybridized carbons (Fsp3) is 0.488. The monoisotopic (exact) mass is 794 g/mol. The smallest absolute Gasteiger partial charge is 0.407 e. The van der Waals surface area contributed by atoms with Crippen LogP contribution in [-0.2, 0) is 23.8 Å². The zero-order chi connectivity index (χ0) is 41.1. The maximum absolute atomic E-state index is 14.0. The second-order valence-electron chi connectivity index (χ2n) is 16.4. The van der Waals surface area contributed by atoms with E-state index in [2.05, 4.69) is 74.1 Å². The quantitative estimate of drug-likeness (QED) is 0.137. The Morgan fingerprint density at radius 2 is 1.22 bits per heavy atom. The van der Waals surface area contributed by atoms with E-state index in [0.717, 1.165) is 65.1 Å². The Balaban J connectivity index is 1.03. The third kappa shape index (κ3) is 8.31. The number of likely N-dealkylation sites (tertiary alicyclic amines) is 2. The third-order valence-corrected chi connectivity index (χ3v) is 11.8. The highest BCUT2D eigenvalue weighted by Gasteiger charge is 2.51. The molecule has 0 unspecified atom stereocenters. The molecule has 15 heteroatoms. The van der Waals surface area contributed by atoms with Crippen molar-refractivity contribution in [2.45, 2.75) is 77.5 Å². The molecule has 4 aromatic rings. The minimum atomic E-state index is -0.734. The van der Waals surface area contributed by atoms with Crippen LogP contribution in [0.3, 0.4) is 0 Å². The standard InChI is InChI=1S/C43H54N8O7/c1-25(2)35(48-41(54)56-5)39(52)50-18-7-8-33(50)37-44-21-31(46-37)29-13-9-27(10-14-29)28-11-15-30(16-12-28)32-22-45-38(47-32)34-20-43(17-19-58-24-43)23-51(34)40(53)36(26(3)4)49-42(55)57-6/h9-16,21-22,25-26,33-36H,7-8,17-20,23-24H2,1-6H3,(H,44,46)(H,45,47)(H,48,54)(H,49,55)/t33-,34-,35-,36-,43+/m0/s1. The largest absolute Gasteiger partial charge is 0.453 e. The van der Waals surface area contributed by atoms with Gasteiger partial charge in [0.15, 0.2) is 0 Å². The molecule has 0 radical (unpaired) electrons. The van der Waals surface area contributed by atoms with Crippen molar-refractivity contribution in [1.82, 2.24) is 40.4 Å². The van der Waals surface area contributed by atoms with Crippen molar-refractivity contribution < 1.29 is 33.4 Å². The van der Waals surface area contributed by atoms with Gasteiger partial charge in [0.05, 0.1) is 56.7 Å². The van der Waals surface area contributed by atoms with Crippen LogP contribution in [0.25, 0.3) is 33.6 Å². The van der Waals surface area contributed by atoms with Crippen LogP contribution in [0.4, 0.5) is 9.59 Å². The molecular formula is C43H54N8O7. The Morgan fingerprint density at radius 3 is 1.69 bits per heavy atom. The van der Waals surface area contributed by atoms with Gasteiger partial charge in [0.1, 0.15) is 23.7 Å². The molecule has 5 atom stereocenters. The highest BCUT2D eigenvalue weighted by atomic mass is 16.5. The number of rotatable bonds is 11. The number of aromatic nitrogens is 4. The summed E-state index contributed by atoms with van der Waals surface area (Å²) in [5.74, 6) is 0.875. The maximum Gasteiger partial charge on any atom is 0.407 e. The number of alkyl carbamates (subject to hydrolysis) is 2. The summed E-state index contributed by atoms with van der Waals surface area (Å²) in [6.45, 7) is 9.98. The molecule has 3 fully saturated rings. The second kappa shape index (κ2) is 17.0. The summed E-state index contributed by atoms with van der Waals surface area (Å²) in [5, 5.41) is 5.44. The minimum Gasteiger partial charge on any atom is -0.453 e. The van der Waals surface area contributed by atoms with Crippen molar-refractivity contribution in [3.05, 3.63) is 72.6 Å². The molecule has 0 bridgehead atoms. The molecule has 0 saturated carbocycles. The lowest BCUT2D eigenvalue weighted by Gasteiger charge is -2.30. The molecule has 2 aromatic heterocycles. The zero-order valence-corrected chi connectivity index (χ0v) is 34.0. The van der Waals surface area contributed by atoms with Crippen LogP contribution >= 0.6 is 0 Å². The Kier molecular flexibility index (Phi) is 11.9. The summed E-state index contributed by atoms with van der Waals surface area (Å²) in [7, 11) is 2.58. The van der Waals surface area contributed by atoms with E-state index in [1.54, 1.807) is 11.1 Å². The average Bonchev–Trinajstić information content (AvgIpc) is 4.09. The number of carbonyl (C=O) groups is 4. The lowest BCUT2D eigenvalue weighted by atomic mass is 9.85. The van der Waals surface area contributed by atoms with Gasteiger partial charge in [-0.1, -0.05) is 76.2 Å². The topological polar surface area (TPSA) is 184 Å². The van der Waals surface area contributed by atoms with Gasteiger partial charge in [-0.25, -0.2) is 19.6 Å². The lowest BCUT2D eigenvalue weighted by Crippen LogP contribution is -2.51. The number of H-pyrrole nitrogens is 2. The third-order valence-electron chi connectivity index (χ3n) is 11.8. The van der Waals surface area contributed by atoms with Crippen LogP contribution in [0, 0.1) is 17.3 Å². The Labute approximate surface area is 338 Å². The Bertz CT molecular complexity index is 2090. The van der Waals surface area contributed by atoms with Crippen LogP contribution in [0.1, 0.15) is 77.1 Å². The highest BCUT2D eigenvalue weighted by molar-refractivity contribution is 5.87. The van der Waals surface area contributed by atoms with Crippen molar-refractivity contribution in [3.8, 4) is 33.6 Å². The van der Waals surface area contributed by atoms with E-state index >= 15 is 0 Å². The first-order valence-corrected chi connectivity index (χ1v) is 20.1. The van der Waals surface area contributed by atoms with Gasteiger partial charge < -0.3 is 44.6 Å². The molecule has 308 valence electrons. The Hall–Kier alpha value is -5.70. The van der Waals surface area contributed by atoms with Gasteiger partial charge in [-0.2, -0.15) is 0 Å². The fourth-order valence-corrected chi connectivity index (χ4v) is 8.53. The van der Waals surface area contributed by atoms with Crippen LogP contribution in [0.5, 0.6) is 0 Å². The minimum absolute atomic E-state index is 0.108. The van der Waals surface area contributed by atoms with Gasteiger partial charge in [0.2, 0.25) is 11.8 Å². The predicted octanol–water partition coefficient (Wildman–Crippen LogP) is 6.24. The van der Waals surface area contributed by atoms with Gasteiger partial charge in [-0.15, -0.1) is 0 Å². The number of ether oxygens (including phenoxy) is 3. The summed E-state index contributed by atoms with van der Waals surface area (Å²) in [5.41, 5.74) is 5.58. The van der Waals surface area contributed by atoms with E-state index in [0.29, 0.717) is 32.1 Å². The molecule has 3 aliphatic heterocycles. The van der Waals surface area contributed by atoms with E-state index in [1.165, 1.54) is 14.2 Å². The Morgan fingerprint density at radius 1 is 0.741 bits per heavy atom. The molecule has 3 saturated heterocycles. The number of benzene rings is 2. The van der Waals surface area contributed by atoms with Crippen molar-refractivity contribution in [3.63, 3.8) is 0 Å². The van der Waals surface area contributed by atoms with E-state index in [-0.39, 0.29) is 41.1 Å². The van der Waals surface area contributed by atoms with Crippen LogP contribution in [0.15, 0.2) is 60.9 Å². The molecular weight excluding hydrogens is 741 g/mol. The number of nitrogens with zero attached hydrogens (tertiary/aromatic N) is 4. The van der Waals surface area contributed by atoms with Crippen molar-refractivity contribution >= 4 is 24.0 Å². The summed E-state index contributed by atoms with van der Waals surface area (Å²) in [6, 6.07) is 14.6. The molecule has 4 N–H and O–H groups in total. The number of nitrogens with one attached hydrogen (secondary N) is 4. The number of carbonyl (C=O) groups excluding carboxylic acids is 4. The van der Waals surface area contributed by atoms with Gasteiger partial charge in [0.25, 0.3) is 0 Å². The van der Waals surface area contributed by atoms with Crippen LogP contribution < -0.4 is 10.6 Å². The summed E-state index contributed by atoms with van der Waals surface area (Å²) in [4.78, 5) is 71.8. The molecule has 7 rings (SSSR count). The molecule has 15 nitrogen and oxygen atoms in total. The number of hydrogen-bond donors (Lipinski definition) is 4. The molecule has 4 amide bonds. The first kappa shape index (κ1) is 40.5. The van der Waals surface area contributed by atoms with E-state index in [4.69, 9.17) is 19.2 Å². The lowest BCUT2D eigenvalue weighted by molar-refractivity contribution is -0.136. The number of imidazole rings is 2. The number of amides is 4. The van der Waals surface area contributed by atoms with Crippen LogP contribution in [0.2, 0.25) is 0 Å². The zero-order valence-electron chi connectivity index (χ0n) is 34.0. The SMILES string of the molecule is COC(=O)N[C@H](C(=O)N1CCC[C@H]1c1ncc(-c2ccc(-c3ccc(-c4cnc([C@@H]5C[C@]6(CCOC6)CN5C(=O)[C@@H](NC(=O)OC)C(C)C)[nH]4)cc3)cc2)[nH]1)C(C)C. The molecule has 1 spiro atoms. The van der Waals surface area contributed by atoms with Gasteiger partial charge in [-0.05, 0) is 59.8 Å². The first-order chi connectivity index (χ1) is 27.9. The van der Waals surface area contributed by atoms with Gasteiger partial charge in [0, 0.05) is 25.1 Å². The summed E-state index contributed by atoms with van der Waals surface area (Å²) < 4.78 is 15.4. The van der Waals surface area contributed by atoms with E-state index < -0.39 is 24.3 Å². The molecule has 0 aliphatic carbocycles. The van der Waals surface area contributed by atoms with E-state index in [1.807, 2.05) is 38.8 Å². The summed E-state index contributed by atoms with van der Waals surface area (Å²) in [6.07, 6.45) is 5.56. The number of aromatic amines is 2. The number of methoxy groups -OCH3 is 2. The maximum atomic E-state index is 14.0. The van der Waals surface area contributed by atoms with Gasteiger partial charge in [-0.3, -0.25) is 9.59 Å². The number of hydrogen-bond acceptors (Lipinski definition) is 9. The van der Waals surface area contributed by atoms with Crippen molar-refractivity contribution in [1.29, 1.82) is 0 Å². The second-order valence-corrected chi connectivity index (χ2v) is 16.4. The van der Waals surface area contributed by atoms with Crippen molar-refractivity contribution in [2.75, 3.05) is 40.5 Å². The molecule has 2 aromatic carbocycles. The summed E-state index contributed by atoms with van der Waals surface area (Å²) >= 11 is 0. The first-order valence-electron chi connectivity index (χ1n) is 20.1. The normalized spacial score (nSPS) is 21.4. The molecule has 58 heavy (non-hydrogen) atoms. The molecule has 5 heterocycles. The molecule has 3 aliphatic rings. The predicted molar refractivity (Wildman–Crippen MR) is 216 cm³/mol. The fourth-order valence-electron chi connectivity index (χ4n) is 8.53. The van der Waals surface area contributed by atoms with Crippen molar-refractivity contribution in [2.24, 2.45) is 17.3 Å². The van der Waals surface area contributed by atoms with Gasteiger partial charge >= 0.3 is 12.2 Å². The average molecular weight is 795 g/mol. The van der Waals surface area contributed by atoms with E-state index in [9.17, 15) is 19.2 Å². The highest BCUT2D eigenvalue weighted by Crippen LogP contribution is 2.48. The van der Waals surface area contributed by atoms with Crippen LogP contribution in [-0.4, -0.2) is 106 Å².